The maximum atomic E-state index is 5.89. The summed E-state index contributed by atoms with van der Waals surface area (Å²) >= 11 is 5.89. The van der Waals surface area contributed by atoms with E-state index in [0.29, 0.717) is 6.04 Å². The number of aryl methyl sites for hydroxylation is 1. The van der Waals surface area contributed by atoms with Crippen molar-refractivity contribution in [1.82, 2.24) is 15.3 Å². The molecule has 0 saturated carbocycles. The number of benzene rings is 1. The Morgan fingerprint density at radius 3 is 2.56 bits per heavy atom. The van der Waals surface area contributed by atoms with E-state index in [0.717, 1.165) is 34.3 Å². The highest BCUT2D eigenvalue weighted by atomic mass is 35.5. The predicted molar refractivity (Wildman–Crippen MR) is 75.7 cm³/mol. The first kappa shape index (κ1) is 13.1. The first-order valence-electron chi connectivity index (χ1n) is 6.11. The molecule has 96 valence electrons. The van der Waals surface area contributed by atoms with Gasteiger partial charge >= 0.3 is 0 Å². The third-order valence-corrected chi connectivity index (χ3v) is 2.98. The minimum absolute atomic E-state index is 0.453. The topological polar surface area (TPSA) is 40.7 Å². The fourth-order valence-corrected chi connectivity index (χ4v) is 1.92. The molecule has 1 heterocycles. The molecule has 0 atom stereocenters. The Morgan fingerprint density at radius 2 is 1.94 bits per heavy atom. The molecule has 0 aliphatic rings. The smallest absolute Gasteiger partial charge is 0.121 e. The van der Waals surface area contributed by atoms with Crippen molar-refractivity contribution in [1.29, 1.82) is 0 Å². The average Bonchev–Trinajstić information content (AvgIpc) is 2.69. The summed E-state index contributed by atoms with van der Waals surface area (Å²) in [5.74, 6) is 0.964. The molecular weight excluding hydrogens is 246 g/mol. The van der Waals surface area contributed by atoms with Crippen molar-refractivity contribution in [2.24, 2.45) is 0 Å². The lowest BCUT2D eigenvalue weighted by Crippen LogP contribution is -2.22. The quantitative estimate of drug-likeness (QED) is 0.886. The van der Waals surface area contributed by atoms with Crippen LogP contribution in [0.5, 0.6) is 0 Å². The second-order valence-corrected chi connectivity index (χ2v) is 5.14. The van der Waals surface area contributed by atoms with Gasteiger partial charge in [-0.3, -0.25) is 0 Å². The minimum atomic E-state index is 0.453. The third kappa shape index (κ3) is 3.12. The van der Waals surface area contributed by atoms with E-state index in [1.54, 1.807) is 0 Å². The van der Waals surface area contributed by atoms with E-state index in [1.165, 1.54) is 0 Å². The van der Waals surface area contributed by atoms with Crippen molar-refractivity contribution in [2.75, 3.05) is 0 Å². The molecule has 0 saturated heterocycles. The van der Waals surface area contributed by atoms with Gasteiger partial charge < -0.3 is 10.3 Å². The van der Waals surface area contributed by atoms with Gasteiger partial charge in [0.25, 0.3) is 0 Å². The van der Waals surface area contributed by atoms with E-state index in [2.05, 4.69) is 29.1 Å². The summed E-state index contributed by atoms with van der Waals surface area (Å²) in [7, 11) is 0. The average molecular weight is 264 g/mol. The van der Waals surface area contributed by atoms with Crippen LogP contribution < -0.4 is 5.32 Å². The Kier molecular flexibility index (Phi) is 4.04. The number of hydrogen-bond acceptors (Lipinski definition) is 2. The molecule has 0 unspecified atom stereocenters. The largest absolute Gasteiger partial charge is 0.344 e. The van der Waals surface area contributed by atoms with Gasteiger partial charge in [-0.15, -0.1) is 0 Å². The fraction of sp³-hybridized carbons (Fsp3) is 0.357. The molecule has 3 nitrogen and oxygen atoms in total. The monoisotopic (exact) mass is 263 g/mol. The van der Waals surface area contributed by atoms with Crippen molar-refractivity contribution in [3.8, 4) is 11.3 Å². The van der Waals surface area contributed by atoms with E-state index in [9.17, 15) is 0 Å². The number of hydrogen-bond donors (Lipinski definition) is 2. The molecule has 2 aromatic rings. The zero-order valence-electron chi connectivity index (χ0n) is 10.9. The molecule has 0 bridgehead atoms. The van der Waals surface area contributed by atoms with Gasteiger partial charge in [0.15, 0.2) is 0 Å². The van der Waals surface area contributed by atoms with Crippen LogP contribution in [0.3, 0.4) is 0 Å². The van der Waals surface area contributed by atoms with E-state index in [-0.39, 0.29) is 0 Å². The summed E-state index contributed by atoms with van der Waals surface area (Å²) in [6.07, 6.45) is 0. The summed E-state index contributed by atoms with van der Waals surface area (Å²) in [5.41, 5.74) is 3.16. The third-order valence-electron chi connectivity index (χ3n) is 2.73. The van der Waals surface area contributed by atoms with E-state index in [1.807, 2.05) is 31.2 Å². The van der Waals surface area contributed by atoms with Crippen LogP contribution in [-0.2, 0) is 6.54 Å². The van der Waals surface area contributed by atoms with E-state index < -0.39 is 0 Å². The van der Waals surface area contributed by atoms with Crippen molar-refractivity contribution in [2.45, 2.75) is 33.4 Å². The number of aromatic nitrogens is 2. The number of nitrogens with one attached hydrogen (secondary N) is 2. The molecule has 0 aliphatic heterocycles. The van der Waals surface area contributed by atoms with Gasteiger partial charge in [-0.05, 0) is 19.1 Å². The van der Waals surface area contributed by atoms with Gasteiger partial charge in [0.2, 0.25) is 0 Å². The highest BCUT2D eigenvalue weighted by Gasteiger charge is 2.08. The van der Waals surface area contributed by atoms with Crippen LogP contribution in [0.25, 0.3) is 11.3 Å². The maximum absolute atomic E-state index is 5.89. The molecule has 2 rings (SSSR count). The Bertz CT molecular complexity index is 514. The zero-order valence-corrected chi connectivity index (χ0v) is 11.7. The molecule has 2 N–H and O–H groups in total. The molecule has 1 aromatic carbocycles. The van der Waals surface area contributed by atoms with Crippen LogP contribution in [0.15, 0.2) is 24.3 Å². The second-order valence-electron chi connectivity index (χ2n) is 4.70. The number of H-pyrrole nitrogens is 1. The molecule has 1 aromatic heterocycles. The van der Waals surface area contributed by atoms with Crippen LogP contribution in [0, 0.1) is 6.92 Å². The second kappa shape index (κ2) is 5.55. The molecule has 0 fully saturated rings. The predicted octanol–water partition coefficient (Wildman–Crippen LogP) is 3.54. The number of rotatable bonds is 4. The lowest BCUT2D eigenvalue weighted by atomic mass is 10.1. The van der Waals surface area contributed by atoms with Crippen molar-refractivity contribution in [3.05, 3.63) is 40.8 Å². The number of halogens is 1. The van der Waals surface area contributed by atoms with Gasteiger partial charge in [0, 0.05) is 22.3 Å². The lowest BCUT2D eigenvalue weighted by molar-refractivity contribution is 0.575. The summed E-state index contributed by atoms with van der Waals surface area (Å²) in [4.78, 5) is 7.93. The summed E-state index contributed by atoms with van der Waals surface area (Å²) in [6.45, 7) is 7.04. The van der Waals surface area contributed by atoms with Crippen LogP contribution in [0.2, 0.25) is 5.02 Å². The van der Waals surface area contributed by atoms with Gasteiger partial charge in [-0.25, -0.2) is 4.98 Å². The number of aromatic amines is 1. The van der Waals surface area contributed by atoms with Crippen molar-refractivity contribution >= 4 is 11.6 Å². The first-order valence-corrected chi connectivity index (χ1v) is 6.49. The SMILES string of the molecule is Cc1[nH]c(CNC(C)C)nc1-c1ccc(Cl)cc1. The Balaban J connectivity index is 2.21. The molecule has 4 heteroatoms. The molecule has 0 amide bonds. The summed E-state index contributed by atoms with van der Waals surface area (Å²) in [5, 5.41) is 4.09. The molecule has 0 spiro atoms. The van der Waals surface area contributed by atoms with Crippen LogP contribution >= 0.6 is 11.6 Å². The zero-order chi connectivity index (χ0) is 13.1. The Hall–Kier alpha value is -1.32. The van der Waals surface area contributed by atoms with Crippen LogP contribution in [0.1, 0.15) is 25.4 Å². The van der Waals surface area contributed by atoms with E-state index in [4.69, 9.17) is 11.6 Å². The summed E-state index contributed by atoms with van der Waals surface area (Å²) in [6, 6.07) is 8.21. The first-order chi connectivity index (χ1) is 8.56. The van der Waals surface area contributed by atoms with E-state index >= 15 is 0 Å². The molecule has 0 radical (unpaired) electrons. The normalized spacial score (nSPS) is 11.2. The number of nitrogens with zero attached hydrogens (tertiary/aromatic N) is 1. The minimum Gasteiger partial charge on any atom is -0.344 e. The number of imidazole rings is 1. The van der Waals surface area contributed by atoms with Crippen LogP contribution in [-0.4, -0.2) is 16.0 Å². The summed E-state index contributed by atoms with van der Waals surface area (Å²) < 4.78 is 0. The Labute approximate surface area is 113 Å². The van der Waals surface area contributed by atoms with Crippen molar-refractivity contribution < 1.29 is 0 Å². The van der Waals surface area contributed by atoms with Crippen LogP contribution in [0.4, 0.5) is 0 Å². The van der Waals surface area contributed by atoms with Gasteiger partial charge in [-0.1, -0.05) is 37.6 Å². The Morgan fingerprint density at radius 1 is 1.28 bits per heavy atom. The molecule has 0 aliphatic carbocycles. The van der Waals surface area contributed by atoms with Gasteiger partial charge in [-0.2, -0.15) is 0 Å². The highest BCUT2D eigenvalue weighted by Crippen LogP contribution is 2.22. The standard InChI is InChI=1S/C14H18ClN3/c1-9(2)16-8-13-17-10(3)14(18-13)11-4-6-12(15)7-5-11/h4-7,9,16H,8H2,1-3H3,(H,17,18). The molecule has 18 heavy (non-hydrogen) atoms. The van der Waals surface area contributed by atoms with Gasteiger partial charge in [0.05, 0.1) is 12.2 Å². The molecular formula is C14H18ClN3. The fourth-order valence-electron chi connectivity index (χ4n) is 1.80. The highest BCUT2D eigenvalue weighted by molar-refractivity contribution is 6.30. The lowest BCUT2D eigenvalue weighted by Gasteiger charge is -2.04. The van der Waals surface area contributed by atoms with Crippen molar-refractivity contribution in [3.63, 3.8) is 0 Å². The maximum Gasteiger partial charge on any atom is 0.121 e. The van der Waals surface area contributed by atoms with Gasteiger partial charge in [0.1, 0.15) is 5.82 Å².